The van der Waals surface area contributed by atoms with Gasteiger partial charge in [-0.3, -0.25) is 14.3 Å². The molecule has 8 heteroatoms. The molecule has 0 unspecified atom stereocenters. The third-order valence-corrected chi connectivity index (χ3v) is 4.97. The number of carbonyl (C=O) groups excluding carboxylic acids is 1. The summed E-state index contributed by atoms with van der Waals surface area (Å²) in [5, 5.41) is 3.64. The number of aryl methyl sites for hydroxylation is 1. The molecule has 0 radical (unpaired) electrons. The number of methoxy groups -OCH3 is 2. The van der Waals surface area contributed by atoms with Gasteiger partial charge in [-0.1, -0.05) is 30.3 Å². The van der Waals surface area contributed by atoms with Crippen LogP contribution < -0.4 is 20.3 Å². The molecule has 1 amide bonds. The molecule has 8 nitrogen and oxygen atoms in total. The highest BCUT2D eigenvalue weighted by molar-refractivity contribution is 5.96. The van der Waals surface area contributed by atoms with Crippen LogP contribution in [0.2, 0.25) is 0 Å². The van der Waals surface area contributed by atoms with E-state index in [1.165, 1.54) is 6.07 Å². The fraction of sp³-hybridized carbons (Fsp3) is 0.227. The van der Waals surface area contributed by atoms with Crippen molar-refractivity contribution in [1.29, 1.82) is 0 Å². The molecule has 4 aromatic rings. The largest absolute Gasteiger partial charge is 0.493 e. The molecule has 0 saturated heterocycles. The van der Waals surface area contributed by atoms with Crippen LogP contribution in [0.5, 0.6) is 11.5 Å². The van der Waals surface area contributed by atoms with E-state index < -0.39 is 0 Å². The monoisotopic (exact) mass is 406 g/mol. The van der Waals surface area contributed by atoms with Crippen molar-refractivity contribution in [1.82, 2.24) is 19.5 Å². The topological polar surface area (TPSA) is 86.9 Å². The normalized spacial score (nSPS) is 11.0. The van der Waals surface area contributed by atoms with Gasteiger partial charge in [0.05, 0.1) is 19.7 Å². The summed E-state index contributed by atoms with van der Waals surface area (Å²) < 4.78 is 14.4. The minimum Gasteiger partial charge on any atom is -0.493 e. The molecule has 2 aromatic carbocycles. The second kappa shape index (κ2) is 7.90. The molecule has 2 heterocycles. The van der Waals surface area contributed by atoms with Gasteiger partial charge >= 0.3 is 0 Å². The molecule has 30 heavy (non-hydrogen) atoms. The van der Waals surface area contributed by atoms with Crippen LogP contribution in [0.4, 0.5) is 0 Å². The van der Waals surface area contributed by atoms with Gasteiger partial charge in [0.25, 0.3) is 5.56 Å². The minimum atomic E-state index is -0.338. The fourth-order valence-corrected chi connectivity index (χ4v) is 3.58. The zero-order chi connectivity index (χ0) is 21.3. The van der Waals surface area contributed by atoms with Crippen LogP contribution in [-0.4, -0.2) is 34.3 Å². The Kier molecular flexibility index (Phi) is 5.14. The van der Waals surface area contributed by atoms with Crippen LogP contribution in [0.15, 0.2) is 53.3 Å². The summed E-state index contributed by atoms with van der Waals surface area (Å²) in [6.07, 6.45) is 0. The van der Waals surface area contributed by atoms with Gasteiger partial charge in [0.1, 0.15) is 6.54 Å². The number of nitrogens with zero attached hydrogens (tertiary/aromatic N) is 3. The number of aromatic nitrogens is 3. The lowest BCUT2D eigenvalue weighted by molar-refractivity contribution is -0.122. The van der Waals surface area contributed by atoms with Crippen LogP contribution >= 0.6 is 0 Å². The third-order valence-electron chi connectivity index (χ3n) is 4.97. The Hall–Kier alpha value is -3.81. The molecule has 154 valence electrons. The maximum Gasteiger partial charge on any atom is 0.273 e. The zero-order valence-electron chi connectivity index (χ0n) is 17.0. The molecule has 0 atom stereocenters. The van der Waals surface area contributed by atoms with E-state index in [-0.39, 0.29) is 18.0 Å². The number of ether oxygens (including phenoxy) is 2. The molecule has 0 aliphatic rings. The van der Waals surface area contributed by atoms with Crippen LogP contribution in [0.1, 0.15) is 11.3 Å². The van der Waals surface area contributed by atoms with Crippen molar-refractivity contribution in [3.63, 3.8) is 0 Å². The number of hydrogen-bond donors (Lipinski definition) is 1. The number of fused-ring (bicyclic) bond motifs is 3. The second-order valence-electron chi connectivity index (χ2n) is 6.92. The number of nitrogens with one attached hydrogen (secondary N) is 1. The molecule has 1 N–H and O–H groups in total. The third kappa shape index (κ3) is 3.47. The quantitative estimate of drug-likeness (QED) is 0.531. The Labute approximate surface area is 172 Å². The highest BCUT2D eigenvalue weighted by Gasteiger charge is 2.19. The van der Waals surface area contributed by atoms with Crippen LogP contribution in [0.3, 0.4) is 0 Å². The van der Waals surface area contributed by atoms with E-state index in [0.717, 1.165) is 5.56 Å². The van der Waals surface area contributed by atoms with Gasteiger partial charge in [0.15, 0.2) is 17.1 Å². The van der Waals surface area contributed by atoms with Crippen molar-refractivity contribution in [2.45, 2.75) is 20.0 Å². The van der Waals surface area contributed by atoms with Crippen molar-refractivity contribution in [2.75, 3.05) is 14.2 Å². The summed E-state index contributed by atoms with van der Waals surface area (Å²) in [4.78, 5) is 29.0. The standard InChI is InChI=1S/C22H22N4O4/c1-14-9-20(27)24-22-16-10-18(29-2)19(30-3)11-17(16)25(26(14)22)13-21(28)23-12-15-7-5-4-6-8-15/h4-11H,12-13H2,1-3H3,(H,23,28). The van der Waals surface area contributed by atoms with Gasteiger partial charge in [0, 0.05) is 29.8 Å². The zero-order valence-corrected chi connectivity index (χ0v) is 17.0. The van der Waals surface area contributed by atoms with Crippen molar-refractivity contribution in [2.24, 2.45) is 0 Å². The van der Waals surface area contributed by atoms with Crippen molar-refractivity contribution in [3.05, 3.63) is 70.1 Å². The lowest BCUT2D eigenvalue weighted by Crippen LogP contribution is -2.29. The van der Waals surface area contributed by atoms with Crippen molar-refractivity contribution >= 4 is 22.5 Å². The molecule has 4 rings (SSSR count). The second-order valence-corrected chi connectivity index (χ2v) is 6.92. The molecule has 0 fully saturated rings. The van der Waals surface area contributed by atoms with E-state index in [9.17, 15) is 9.59 Å². The predicted molar refractivity (Wildman–Crippen MR) is 113 cm³/mol. The van der Waals surface area contributed by atoms with Crippen molar-refractivity contribution < 1.29 is 14.3 Å². The lowest BCUT2D eigenvalue weighted by Gasteiger charge is -2.12. The van der Waals surface area contributed by atoms with Gasteiger partial charge in [-0.05, 0) is 18.6 Å². The number of amides is 1. The number of rotatable bonds is 6. The number of benzene rings is 2. The highest BCUT2D eigenvalue weighted by atomic mass is 16.5. The maximum absolute atomic E-state index is 12.7. The average molecular weight is 406 g/mol. The van der Waals surface area contributed by atoms with Crippen LogP contribution in [-0.2, 0) is 17.9 Å². The maximum atomic E-state index is 12.7. The molecular formula is C22H22N4O4. The smallest absolute Gasteiger partial charge is 0.273 e. The summed E-state index contributed by atoms with van der Waals surface area (Å²) in [7, 11) is 3.10. The first kappa shape index (κ1) is 19.5. The number of hydrogen-bond acceptors (Lipinski definition) is 5. The van der Waals surface area contributed by atoms with E-state index in [1.54, 1.807) is 35.5 Å². The Morgan fingerprint density at radius 2 is 1.77 bits per heavy atom. The Bertz CT molecular complexity index is 1290. The Morgan fingerprint density at radius 3 is 2.47 bits per heavy atom. The van der Waals surface area contributed by atoms with Gasteiger partial charge in [0.2, 0.25) is 5.91 Å². The van der Waals surface area contributed by atoms with Gasteiger partial charge in [-0.2, -0.15) is 4.98 Å². The van der Waals surface area contributed by atoms with Gasteiger partial charge < -0.3 is 14.8 Å². The van der Waals surface area contributed by atoms with E-state index in [2.05, 4.69) is 10.3 Å². The molecule has 0 bridgehead atoms. The minimum absolute atomic E-state index is 0.0493. The fourth-order valence-electron chi connectivity index (χ4n) is 3.58. The lowest BCUT2D eigenvalue weighted by atomic mass is 10.2. The molecule has 0 aliphatic carbocycles. The van der Waals surface area contributed by atoms with Crippen LogP contribution in [0, 0.1) is 6.92 Å². The molecular weight excluding hydrogens is 384 g/mol. The summed E-state index contributed by atoms with van der Waals surface area (Å²) in [5.41, 5.74) is 2.53. The Balaban J connectivity index is 1.80. The van der Waals surface area contributed by atoms with E-state index >= 15 is 0 Å². The average Bonchev–Trinajstić information content (AvgIpc) is 3.04. The van der Waals surface area contributed by atoms with E-state index in [1.807, 2.05) is 37.3 Å². The summed E-state index contributed by atoms with van der Waals surface area (Å²) in [5.74, 6) is 0.888. The summed E-state index contributed by atoms with van der Waals surface area (Å²) >= 11 is 0. The molecule has 0 saturated carbocycles. The highest BCUT2D eigenvalue weighted by Crippen LogP contribution is 2.34. The van der Waals surface area contributed by atoms with Crippen LogP contribution in [0.25, 0.3) is 16.6 Å². The Morgan fingerprint density at radius 1 is 1.07 bits per heavy atom. The summed E-state index contributed by atoms with van der Waals surface area (Å²) in [6.45, 7) is 2.29. The SMILES string of the molecule is COc1cc2c(cc1OC)n(CC(=O)NCc1ccccc1)n1c(C)cc(=O)nc21. The molecule has 2 aromatic heterocycles. The molecule has 0 spiro atoms. The number of carbonyl (C=O) groups is 1. The van der Waals surface area contributed by atoms with E-state index in [4.69, 9.17) is 9.47 Å². The van der Waals surface area contributed by atoms with Gasteiger partial charge in [-0.25, -0.2) is 4.52 Å². The summed E-state index contributed by atoms with van der Waals surface area (Å²) in [6, 6.07) is 14.7. The van der Waals surface area contributed by atoms with Crippen molar-refractivity contribution in [3.8, 4) is 11.5 Å². The first-order chi connectivity index (χ1) is 14.5. The first-order valence-electron chi connectivity index (χ1n) is 9.47. The first-order valence-corrected chi connectivity index (χ1v) is 9.47. The predicted octanol–water partition coefficient (Wildman–Crippen LogP) is 2.29. The molecule has 0 aliphatic heterocycles. The van der Waals surface area contributed by atoms with E-state index in [0.29, 0.717) is 40.3 Å². The van der Waals surface area contributed by atoms with Gasteiger partial charge in [-0.15, -0.1) is 0 Å².